The summed E-state index contributed by atoms with van der Waals surface area (Å²) in [5, 5.41) is 3.21. The molecule has 0 amide bonds. The van der Waals surface area contributed by atoms with Gasteiger partial charge in [0.1, 0.15) is 0 Å². The van der Waals surface area contributed by atoms with Crippen molar-refractivity contribution in [2.45, 2.75) is 44.6 Å². The van der Waals surface area contributed by atoms with Crippen LogP contribution < -0.4 is 5.32 Å². The van der Waals surface area contributed by atoms with Gasteiger partial charge in [-0.3, -0.25) is 0 Å². The molecular formula is C15H19ClF3NO. The first kappa shape index (κ1) is 16.6. The van der Waals surface area contributed by atoms with Gasteiger partial charge in [0.15, 0.2) is 0 Å². The molecule has 2 heterocycles. The summed E-state index contributed by atoms with van der Waals surface area (Å²) in [6.07, 6.45) is -4.32. The summed E-state index contributed by atoms with van der Waals surface area (Å²) in [5.41, 5.74) is 1.38. The number of rotatable bonds is 1. The second-order valence-electron chi connectivity index (χ2n) is 5.90. The Hall–Kier alpha value is -0.780. The second-order valence-corrected chi connectivity index (χ2v) is 5.90. The zero-order valence-electron chi connectivity index (χ0n) is 12.0. The van der Waals surface area contributed by atoms with Gasteiger partial charge in [-0.05, 0) is 28.7 Å². The molecule has 0 aromatic heterocycles. The van der Waals surface area contributed by atoms with Gasteiger partial charge in [-0.2, -0.15) is 13.2 Å². The number of hydrogen-bond acceptors (Lipinski definition) is 2. The molecule has 118 valence electrons. The van der Waals surface area contributed by atoms with Crippen LogP contribution in [0.3, 0.4) is 0 Å². The van der Waals surface area contributed by atoms with Gasteiger partial charge in [0.2, 0.25) is 0 Å². The van der Waals surface area contributed by atoms with E-state index in [9.17, 15) is 13.2 Å². The smallest absolute Gasteiger partial charge is 0.372 e. The molecule has 1 aromatic carbocycles. The molecular weight excluding hydrogens is 303 g/mol. The van der Waals surface area contributed by atoms with E-state index >= 15 is 0 Å². The zero-order valence-corrected chi connectivity index (χ0v) is 12.8. The molecule has 3 rings (SSSR count). The molecule has 0 bridgehead atoms. The van der Waals surface area contributed by atoms with E-state index in [4.69, 9.17) is 4.74 Å². The van der Waals surface area contributed by atoms with Crippen LogP contribution in [-0.4, -0.2) is 19.2 Å². The fourth-order valence-electron chi connectivity index (χ4n) is 3.13. The Bertz CT molecular complexity index is 530. The highest BCUT2D eigenvalue weighted by atomic mass is 35.5. The summed E-state index contributed by atoms with van der Waals surface area (Å²) < 4.78 is 45.5. The first-order chi connectivity index (χ1) is 9.38. The van der Waals surface area contributed by atoms with Crippen molar-refractivity contribution >= 4 is 12.4 Å². The SMILES string of the molecule is CC(C)c1cc2c(c(C(F)(F)F)c1)CO[C@@H]1CNC[C@H]21.Cl. The Labute approximate surface area is 128 Å². The van der Waals surface area contributed by atoms with Crippen LogP contribution in [0.4, 0.5) is 13.2 Å². The van der Waals surface area contributed by atoms with Crippen molar-refractivity contribution in [3.8, 4) is 0 Å². The largest absolute Gasteiger partial charge is 0.416 e. The Morgan fingerprint density at radius 3 is 2.57 bits per heavy atom. The molecule has 0 aliphatic carbocycles. The number of halogens is 4. The van der Waals surface area contributed by atoms with E-state index in [0.717, 1.165) is 17.7 Å². The molecule has 1 N–H and O–H groups in total. The first-order valence-corrected chi connectivity index (χ1v) is 6.94. The molecule has 0 saturated carbocycles. The quantitative estimate of drug-likeness (QED) is 0.848. The van der Waals surface area contributed by atoms with Crippen molar-refractivity contribution in [2.75, 3.05) is 13.1 Å². The lowest BCUT2D eigenvalue weighted by Crippen LogP contribution is -2.29. The topological polar surface area (TPSA) is 21.3 Å². The number of ether oxygens (including phenoxy) is 1. The molecule has 2 atom stereocenters. The highest BCUT2D eigenvalue weighted by Crippen LogP contribution is 2.42. The lowest BCUT2D eigenvalue weighted by Gasteiger charge is -2.31. The van der Waals surface area contributed by atoms with Gasteiger partial charge in [0.05, 0.1) is 18.3 Å². The Morgan fingerprint density at radius 2 is 1.95 bits per heavy atom. The Kier molecular flexibility index (Phi) is 4.57. The van der Waals surface area contributed by atoms with Gasteiger partial charge < -0.3 is 10.1 Å². The number of fused-ring (bicyclic) bond motifs is 3. The molecule has 1 fully saturated rings. The van der Waals surface area contributed by atoms with E-state index in [-0.39, 0.29) is 37.0 Å². The molecule has 2 aliphatic rings. The molecule has 0 radical (unpaired) electrons. The average Bonchev–Trinajstić information content (AvgIpc) is 2.84. The van der Waals surface area contributed by atoms with E-state index in [1.165, 1.54) is 6.07 Å². The van der Waals surface area contributed by atoms with Crippen molar-refractivity contribution in [3.63, 3.8) is 0 Å². The van der Waals surface area contributed by atoms with Gasteiger partial charge >= 0.3 is 6.18 Å². The standard InChI is InChI=1S/C15H18F3NO.ClH/c1-8(2)9-3-10-11-5-19-6-14(11)20-7-12(10)13(4-9)15(16,17)18;/h3-4,8,11,14,19H,5-7H2,1-2H3;1H/t11-,14-;/m1./s1. The fraction of sp³-hybridized carbons (Fsp3) is 0.600. The van der Waals surface area contributed by atoms with E-state index in [0.29, 0.717) is 12.1 Å². The fourth-order valence-corrected chi connectivity index (χ4v) is 3.13. The molecule has 2 nitrogen and oxygen atoms in total. The lowest BCUT2D eigenvalue weighted by atomic mass is 9.83. The summed E-state index contributed by atoms with van der Waals surface area (Å²) in [6.45, 7) is 5.32. The van der Waals surface area contributed by atoms with Crippen molar-refractivity contribution in [1.82, 2.24) is 5.32 Å². The minimum absolute atomic E-state index is 0. The summed E-state index contributed by atoms with van der Waals surface area (Å²) >= 11 is 0. The van der Waals surface area contributed by atoms with Crippen molar-refractivity contribution in [2.24, 2.45) is 0 Å². The minimum atomic E-state index is -4.32. The van der Waals surface area contributed by atoms with Crippen LogP contribution in [0, 0.1) is 0 Å². The lowest BCUT2D eigenvalue weighted by molar-refractivity contribution is -0.139. The number of benzene rings is 1. The van der Waals surface area contributed by atoms with E-state index in [1.54, 1.807) is 0 Å². The highest BCUT2D eigenvalue weighted by molar-refractivity contribution is 5.85. The maximum atomic E-state index is 13.3. The third-order valence-corrected chi connectivity index (χ3v) is 4.28. The maximum Gasteiger partial charge on any atom is 0.416 e. The molecule has 0 spiro atoms. The van der Waals surface area contributed by atoms with E-state index < -0.39 is 11.7 Å². The minimum Gasteiger partial charge on any atom is -0.372 e. The Morgan fingerprint density at radius 1 is 1.24 bits per heavy atom. The Balaban J connectivity index is 0.00000161. The number of alkyl halides is 3. The van der Waals surface area contributed by atoms with Crippen LogP contribution in [0.5, 0.6) is 0 Å². The summed E-state index contributed by atoms with van der Waals surface area (Å²) in [7, 11) is 0. The van der Waals surface area contributed by atoms with Gasteiger partial charge in [-0.1, -0.05) is 19.9 Å². The first-order valence-electron chi connectivity index (χ1n) is 6.94. The van der Waals surface area contributed by atoms with Crippen molar-refractivity contribution < 1.29 is 17.9 Å². The van der Waals surface area contributed by atoms with Gasteiger partial charge in [-0.25, -0.2) is 0 Å². The van der Waals surface area contributed by atoms with Crippen LogP contribution in [0.1, 0.15) is 47.9 Å². The number of hydrogen-bond donors (Lipinski definition) is 1. The summed E-state index contributed by atoms with van der Waals surface area (Å²) in [6, 6.07) is 3.23. The van der Waals surface area contributed by atoms with E-state index in [2.05, 4.69) is 5.32 Å². The maximum absolute atomic E-state index is 13.3. The monoisotopic (exact) mass is 321 g/mol. The molecule has 6 heteroatoms. The zero-order chi connectivity index (χ0) is 14.5. The van der Waals surface area contributed by atoms with Gasteiger partial charge in [0.25, 0.3) is 0 Å². The molecule has 1 aromatic rings. The van der Waals surface area contributed by atoms with Crippen molar-refractivity contribution in [3.05, 3.63) is 34.4 Å². The molecule has 2 aliphatic heterocycles. The van der Waals surface area contributed by atoms with E-state index in [1.807, 2.05) is 19.9 Å². The van der Waals surface area contributed by atoms with Crippen LogP contribution in [0.15, 0.2) is 12.1 Å². The molecule has 1 saturated heterocycles. The molecule has 21 heavy (non-hydrogen) atoms. The third-order valence-electron chi connectivity index (χ3n) is 4.28. The predicted molar refractivity (Wildman–Crippen MR) is 77.0 cm³/mol. The normalized spacial score (nSPS) is 24.5. The van der Waals surface area contributed by atoms with Crippen LogP contribution >= 0.6 is 12.4 Å². The van der Waals surface area contributed by atoms with Crippen LogP contribution in [0.25, 0.3) is 0 Å². The summed E-state index contributed by atoms with van der Waals surface area (Å²) in [4.78, 5) is 0. The average molecular weight is 322 g/mol. The summed E-state index contributed by atoms with van der Waals surface area (Å²) in [5.74, 6) is 0.121. The number of nitrogens with one attached hydrogen (secondary N) is 1. The van der Waals surface area contributed by atoms with Crippen LogP contribution in [-0.2, 0) is 17.5 Å². The van der Waals surface area contributed by atoms with Crippen LogP contribution in [0.2, 0.25) is 0 Å². The predicted octanol–water partition coefficient (Wildman–Crippen LogP) is 3.84. The van der Waals surface area contributed by atoms with Gasteiger partial charge in [0, 0.05) is 19.0 Å². The second kappa shape index (κ2) is 5.78. The highest BCUT2D eigenvalue weighted by Gasteiger charge is 2.41. The third kappa shape index (κ3) is 2.91. The molecule has 0 unspecified atom stereocenters. The van der Waals surface area contributed by atoms with Gasteiger partial charge in [-0.15, -0.1) is 12.4 Å². The van der Waals surface area contributed by atoms with Crippen molar-refractivity contribution in [1.29, 1.82) is 0 Å².